The number of ketones is 2. The number of benzene rings is 2. The number of nitrogens with zero attached hydrogens (tertiary/aromatic N) is 2. The van der Waals surface area contributed by atoms with Crippen molar-refractivity contribution >= 4 is 39.7 Å². The van der Waals surface area contributed by atoms with Crippen LogP contribution >= 0.6 is 11.3 Å². The number of Topliss-reactive ketones (excluding diaryl/α,β-unsaturated/α-hetero) is 2. The van der Waals surface area contributed by atoms with Crippen LogP contribution in [0, 0.1) is 20.8 Å². The van der Waals surface area contributed by atoms with Gasteiger partial charge < -0.3 is 9.84 Å². The fraction of sp³-hybridized carbons (Fsp3) is 0.214. The Morgan fingerprint density at radius 3 is 2.47 bits per heavy atom. The van der Waals surface area contributed by atoms with Gasteiger partial charge in [0.2, 0.25) is 0 Å². The van der Waals surface area contributed by atoms with Gasteiger partial charge in [-0.2, -0.15) is 0 Å². The van der Waals surface area contributed by atoms with Crippen LogP contribution in [-0.2, 0) is 9.59 Å². The normalized spacial score (nSPS) is 16.9. The maximum atomic E-state index is 13.4. The standard InChI is InChI=1S/C28H26N2O5S/c1-6-13-35-20-11-9-19(10-12-20)23-22(24(32)21-14-15(2)7-8-16(21)3)25(33)27(34)30(23)28-29-17(4)26(36-28)18(5)31/h6-12,14,23,32H,1,13H2,2-5H3. The van der Waals surface area contributed by atoms with E-state index in [1.165, 1.54) is 11.8 Å². The number of hydrogen-bond donors (Lipinski definition) is 1. The van der Waals surface area contributed by atoms with E-state index < -0.39 is 17.7 Å². The SMILES string of the molecule is C=CCOc1ccc(C2C(=C(O)c3cc(C)ccc3C)C(=O)C(=O)N2c2nc(C)c(C(C)=O)s2)cc1. The average Bonchev–Trinajstić information content (AvgIpc) is 3.36. The van der Waals surface area contributed by atoms with E-state index in [-0.39, 0.29) is 22.2 Å². The largest absolute Gasteiger partial charge is 0.507 e. The molecule has 36 heavy (non-hydrogen) atoms. The molecule has 4 rings (SSSR count). The number of ether oxygens (including phenoxy) is 1. The van der Waals surface area contributed by atoms with Crippen LogP contribution in [-0.4, -0.2) is 34.2 Å². The summed E-state index contributed by atoms with van der Waals surface area (Å²) in [6.07, 6.45) is 1.63. The van der Waals surface area contributed by atoms with Gasteiger partial charge in [0.25, 0.3) is 5.78 Å². The number of amides is 1. The summed E-state index contributed by atoms with van der Waals surface area (Å²) in [6.45, 7) is 10.8. The van der Waals surface area contributed by atoms with Crippen molar-refractivity contribution in [3.8, 4) is 5.75 Å². The lowest BCUT2D eigenvalue weighted by atomic mass is 9.93. The molecule has 1 saturated heterocycles. The van der Waals surface area contributed by atoms with E-state index in [0.717, 1.165) is 22.5 Å². The van der Waals surface area contributed by atoms with Crippen LogP contribution in [0.3, 0.4) is 0 Å². The molecule has 8 heteroatoms. The average molecular weight is 503 g/mol. The van der Waals surface area contributed by atoms with Crippen LogP contribution in [0.1, 0.15) is 50.6 Å². The molecule has 0 spiro atoms. The van der Waals surface area contributed by atoms with E-state index in [1.807, 2.05) is 26.0 Å². The van der Waals surface area contributed by atoms with Crippen molar-refractivity contribution in [2.24, 2.45) is 0 Å². The van der Waals surface area contributed by atoms with Crippen molar-refractivity contribution in [2.75, 3.05) is 11.5 Å². The van der Waals surface area contributed by atoms with Crippen molar-refractivity contribution in [1.29, 1.82) is 0 Å². The third kappa shape index (κ3) is 4.47. The number of carbonyl (C=O) groups is 3. The number of carbonyl (C=O) groups excluding carboxylic acids is 3. The Bertz CT molecular complexity index is 1420. The van der Waals surface area contributed by atoms with Gasteiger partial charge in [-0.25, -0.2) is 4.98 Å². The lowest BCUT2D eigenvalue weighted by Gasteiger charge is -2.23. The first-order valence-corrected chi connectivity index (χ1v) is 12.2. The summed E-state index contributed by atoms with van der Waals surface area (Å²) >= 11 is 1.05. The molecule has 1 amide bonds. The first-order valence-electron chi connectivity index (χ1n) is 11.3. The smallest absolute Gasteiger partial charge is 0.301 e. The molecule has 1 N–H and O–H groups in total. The molecule has 0 radical (unpaired) electrons. The molecular weight excluding hydrogens is 476 g/mol. The zero-order valence-electron chi connectivity index (χ0n) is 20.5. The van der Waals surface area contributed by atoms with Gasteiger partial charge >= 0.3 is 5.91 Å². The molecule has 0 saturated carbocycles. The van der Waals surface area contributed by atoms with Crippen LogP contribution in [0.25, 0.3) is 5.76 Å². The molecule has 2 aromatic carbocycles. The lowest BCUT2D eigenvalue weighted by Crippen LogP contribution is -2.29. The first-order chi connectivity index (χ1) is 17.1. The van der Waals surface area contributed by atoms with Crippen molar-refractivity contribution < 1.29 is 24.2 Å². The van der Waals surface area contributed by atoms with Gasteiger partial charge in [0, 0.05) is 12.5 Å². The van der Waals surface area contributed by atoms with Crippen LogP contribution in [0.2, 0.25) is 0 Å². The van der Waals surface area contributed by atoms with Crippen LogP contribution in [0.15, 0.2) is 60.7 Å². The third-order valence-corrected chi connectivity index (χ3v) is 7.23. The maximum absolute atomic E-state index is 13.4. The zero-order valence-corrected chi connectivity index (χ0v) is 21.3. The molecule has 7 nitrogen and oxygen atoms in total. The van der Waals surface area contributed by atoms with Gasteiger partial charge in [0.05, 0.1) is 22.2 Å². The summed E-state index contributed by atoms with van der Waals surface area (Å²) in [5, 5.41) is 11.6. The molecule has 2 heterocycles. The Hall–Kier alpha value is -4.04. The summed E-state index contributed by atoms with van der Waals surface area (Å²) in [5.41, 5.74) is 3.17. The number of aliphatic hydroxyl groups excluding tert-OH is 1. The molecule has 1 aliphatic rings. The fourth-order valence-electron chi connectivity index (χ4n) is 4.19. The first kappa shape index (κ1) is 25.1. The predicted molar refractivity (Wildman–Crippen MR) is 140 cm³/mol. The van der Waals surface area contributed by atoms with Gasteiger partial charge in [-0.05, 0) is 50.1 Å². The highest BCUT2D eigenvalue weighted by atomic mass is 32.1. The predicted octanol–water partition coefficient (Wildman–Crippen LogP) is 5.46. The summed E-state index contributed by atoms with van der Waals surface area (Å²) in [4.78, 5) is 44.9. The molecule has 3 aromatic rings. The van der Waals surface area contributed by atoms with E-state index in [1.54, 1.807) is 43.3 Å². The number of thiazole rings is 1. The topological polar surface area (TPSA) is 96.8 Å². The maximum Gasteiger partial charge on any atom is 0.301 e. The second-order valence-corrected chi connectivity index (χ2v) is 9.60. The number of aromatic nitrogens is 1. The van der Waals surface area contributed by atoms with Gasteiger partial charge in [0.1, 0.15) is 18.1 Å². The van der Waals surface area contributed by atoms with Crippen LogP contribution in [0.5, 0.6) is 5.75 Å². The second kappa shape index (κ2) is 9.91. The van der Waals surface area contributed by atoms with Crippen molar-refractivity contribution in [2.45, 2.75) is 33.7 Å². The zero-order chi connectivity index (χ0) is 26.1. The Morgan fingerprint density at radius 1 is 1.17 bits per heavy atom. The lowest BCUT2D eigenvalue weighted by molar-refractivity contribution is -0.132. The van der Waals surface area contributed by atoms with E-state index in [9.17, 15) is 19.5 Å². The van der Waals surface area contributed by atoms with Crippen LogP contribution in [0.4, 0.5) is 5.13 Å². The Kier molecular flexibility index (Phi) is 6.90. The number of aliphatic hydroxyl groups is 1. The van der Waals surface area contributed by atoms with E-state index in [0.29, 0.717) is 34.1 Å². The van der Waals surface area contributed by atoms with E-state index in [2.05, 4.69) is 11.6 Å². The fourth-order valence-corrected chi connectivity index (χ4v) is 5.18. The number of rotatable bonds is 7. The highest BCUT2D eigenvalue weighted by Crippen LogP contribution is 2.44. The molecule has 1 unspecified atom stereocenters. The quantitative estimate of drug-likeness (QED) is 0.151. The molecule has 1 aromatic heterocycles. The van der Waals surface area contributed by atoms with E-state index >= 15 is 0 Å². The Balaban J connectivity index is 1.93. The molecule has 1 fully saturated rings. The summed E-state index contributed by atoms with van der Waals surface area (Å²) < 4.78 is 5.57. The number of hydrogen-bond acceptors (Lipinski definition) is 7. The number of aryl methyl sites for hydroxylation is 3. The van der Waals surface area contributed by atoms with Crippen LogP contribution < -0.4 is 9.64 Å². The van der Waals surface area contributed by atoms with Gasteiger partial charge in [-0.15, -0.1) is 0 Å². The van der Waals surface area contributed by atoms with Crippen molar-refractivity contribution in [1.82, 2.24) is 4.98 Å². The van der Waals surface area contributed by atoms with Crippen molar-refractivity contribution in [3.05, 3.63) is 93.5 Å². The molecule has 1 atom stereocenters. The highest BCUT2D eigenvalue weighted by molar-refractivity contribution is 7.18. The monoisotopic (exact) mass is 502 g/mol. The molecular formula is C28H26N2O5S. The molecule has 184 valence electrons. The second-order valence-electron chi connectivity index (χ2n) is 8.62. The Morgan fingerprint density at radius 2 is 1.86 bits per heavy atom. The minimum absolute atomic E-state index is 0.0364. The van der Waals surface area contributed by atoms with Gasteiger partial charge in [0.15, 0.2) is 10.9 Å². The summed E-state index contributed by atoms with van der Waals surface area (Å²) in [6, 6.07) is 11.5. The van der Waals surface area contributed by atoms with E-state index in [4.69, 9.17) is 4.74 Å². The third-order valence-electron chi connectivity index (χ3n) is 5.97. The Labute approximate surface area is 213 Å². The summed E-state index contributed by atoms with van der Waals surface area (Å²) in [7, 11) is 0. The summed E-state index contributed by atoms with van der Waals surface area (Å²) in [5.74, 6) is -1.48. The molecule has 0 aliphatic carbocycles. The minimum Gasteiger partial charge on any atom is -0.507 e. The van der Waals surface area contributed by atoms with Gasteiger partial charge in [-0.3, -0.25) is 19.3 Å². The molecule has 0 bridgehead atoms. The minimum atomic E-state index is -0.941. The molecule has 1 aliphatic heterocycles. The number of anilines is 1. The van der Waals surface area contributed by atoms with Crippen molar-refractivity contribution in [3.63, 3.8) is 0 Å². The highest BCUT2D eigenvalue weighted by Gasteiger charge is 2.48. The van der Waals surface area contributed by atoms with Gasteiger partial charge in [-0.1, -0.05) is 53.8 Å².